The van der Waals surface area contributed by atoms with Crippen LogP contribution >= 0.6 is 0 Å². The molecule has 1 saturated heterocycles. The van der Waals surface area contributed by atoms with Gasteiger partial charge in [0.05, 0.1) is 20.3 Å². The largest absolute Gasteiger partial charge is 0.497 e. The van der Waals surface area contributed by atoms with Crippen molar-refractivity contribution >= 4 is 5.91 Å². The lowest BCUT2D eigenvalue weighted by atomic mass is 9.79. The zero-order valence-corrected chi connectivity index (χ0v) is 24.7. The van der Waals surface area contributed by atoms with Crippen molar-refractivity contribution in [2.45, 2.75) is 36.6 Å². The highest BCUT2D eigenvalue weighted by Crippen LogP contribution is 2.45. The van der Waals surface area contributed by atoms with Gasteiger partial charge in [-0.25, -0.2) is 10.3 Å². The van der Waals surface area contributed by atoms with E-state index >= 15 is 0 Å². The number of nitrogens with one attached hydrogen (secondary N) is 2. The number of amides is 1. The van der Waals surface area contributed by atoms with Crippen molar-refractivity contribution in [3.63, 3.8) is 0 Å². The second kappa shape index (κ2) is 13.6. The number of hydrogen-bond acceptors (Lipinski definition) is 8. The highest BCUT2D eigenvalue weighted by Gasteiger charge is 2.47. The van der Waals surface area contributed by atoms with Crippen molar-refractivity contribution in [2.24, 2.45) is 0 Å². The van der Waals surface area contributed by atoms with E-state index in [1.165, 1.54) is 25.9 Å². The third kappa shape index (κ3) is 6.83. The molecular weight excluding hydrogens is 611 g/mol. The zero-order valence-electron chi connectivity index (χ0n) is 24.7. The molecule has 2 heterocycles. The predicted octanol–water partition coefficient (Wildman–Crippen LogP) is 3.83. The number of methoxy groups -OCH3 is 2. The van der Waals surface area contributed by atoms with E-state index < -0.39 is 54.0 Å². The van der Waals surface area contributed by atoms with E-state index in [4.69, 9.17) is 23.8 Å². The van der Waals surface area contributed by atoms with Crippen LogP contribution < -0.4 is 26.2 Å². The third-order valence-corrected chi connectivity index (χ3v) is 7.51. The molecule has 0 radical (unpaired) electrons. The maximum atomic E-state index is 12.8. The number of benzene rings is 3. The molecule has 2 N–H and O–H groups in total. The van der Waals surface area contributed by atoms with Crippen molar-refractivity contribution in [1.82, 2.24) is 15.0 Å². The van der Waals surface area contributed by atoms with Crippen LogP contribution in [-0.4, -0.2) is 54.7 Å². The summed E-state index contributed by atoms with van der Waals surface area (Å²) in [5.41, 5.74) is 0.672. The predicted molar refractivity (Wildman–Crippen MR) is 157 cm³/mol. The minimum absolute atomic E-state index is 0.00802. The maximum Gasteiger partial charge on any atom is 0.473 e. The third-order valence-electron chi connectivity index (χ3n) is 7.51. The molecule has 0 unspecified atom stereocenters. The lowest BCUT2D eigenvalue weighted by Gasteiger charge is -2.39. The second-order valence-corrected chi connectivity index (χ2v) is 10.3. The normalized spacial score (nSPS) is 18.2. The monoisotopic (exact) mass is 641 g/mol. The van der Waals surface area contributed by atoms with Crippen LogP contribution in [0.3, 0.4) is 0 Å². The highest BCUT2D eigenvalue weighted by atomic mass is 19.4. The van der Waals surface area contributed by atoms with Crippen molar-refractivity contribution in [2.75, 3.05) is 20.8 Å². The second-order valence-electron chi connectivity index (χ2n) is 10.3. The van der Waals surface area contributed by atoms with Gasteiger partial charge in [-0.2, -0.15) is 13.2 Å². The average Bonchev–Trinajstić information content (AvgIpc) is 3.45. The fraction of sp³-hybridized carbons (Fsp3) is 0.281. The fourth-order valence-electron chi connectivity index (χ4n) is 5.30. The summed E-state index contributed by atoms with van der Waals surface area (Å²) in [6.45, 7) is -0.572. The Balaban J connectivity index is 1.61. The summed E-state index contributed by atoms with van der Waals surface area (Å²) in [5.74, 6) is -1.12. The molecule has 3 aromatic carbocycles. The number of carbonyl (C=O) groups is 1. The van der Waals surface area contributed by atoms with Crippen LogP contribution in [0.15, 0.2) is 101 Å². The minimum Gasteiger partial charge on any atom is -0.497 e. The summed E-state index contributed by atoms with van der Waals surface area (Å²) in [7, 11) is 3.08. The number of ether oxygens (including phenoxy) is 4. The molecule has 1 fully saturated rings. The quantitative estimate of drug-likeness (QED) is 0.187. The Morgan fingerprint density at radius 2 is 1.46 bits per heavy atom. The molecule has 1 aliphatic heterocycles. The fourth-order valence-corrected chi connectivity index (χ4v) is 5.30. The summed E-state index contributed by atoms with van der Waals surface area (Å²) in [6.07, 6.45) is -6.98. The zero-order chi connectivity index (χ0) is 32.9. The summed E-state index contributed by atoms with van der Waals surface area (Å²) in [5, 5.41) is 0. The van der Waals surface area contributed by atoms with Gasteiger partial charge in [0.2, 0.25) is 0 Å². The van der Waals surface area contributed by atoms with Gasteiger partial charge >= 0.3 is 17.8 Å². The number of hydrogen-bond donors (Lipinski definition) is 2. The molecular formula is C32H30F3N3O8. The van der Waals surface area contributed by atoms with Crippen molar-refractivity contribution in [1.29, 1.82) is 0 Å². The number of alkyl halides is 3. The number of rotatable bonds is 11. The summed E-state index contributed by atoms with van der Waals surface area (Å²) in [6, 6.07) is 24.7. The van der Waals surface area contributed by atoms with Gasteiger partial charge in [-0.15, -0.1) is 0 Å². The topological polar surface area (TPSA) is 130 Å². The Kier molecular flexibility index (Phi) is 9.60. The molecule has 0 saturated carbocycles. The number of nitrogens with zero attached hydrogens (tertiary/aromatic N) is 1. The SMILES string of the molecule is COc1ccc(C(O[C@H]2C[C@H](n3ccc(=O)[nH]c3=O)O[C@@H]2CONC(=O)C(F)(F)F)(c2ccccc2)c2ccc(OC)cc2)cc1. The Hall–Kier alpha value is -4.92. The molecule has 242 valence electrons. The molecule has 0 bridgehead atoms. The molecule has 0 spiro atoms. The first-order valence-electron chi connectivity index (χ1n) is 14.0. The van der Waals surface area contributed by atoms with Gasteiger partial charge in [-0.1, -0.05) is 54.6 Å². The maximum absolute atomic E-state index is 12.8. The minimum atomic E-state index is -5.18. The van der Waals surface area contributed by atoms with Crippen molar-refractivity contribution in [3.8, 4) is 11.5 Å². The summed E-state index contributed by atoms with van der Waals surface area (Å²) in [4.78, 5) is 43.0. The Morgan fingerprint density at radius 1 is 0.891 bits per heavy atom. The van der Waals surface area contributed by atoms with Gasteiger partial charge < -0.3 is 18.9 Å². The smallest absolute Gasteiger partial charge is 0.473 e. The van der Waals surface area contributed by atoms with Gasteiger partial charge in [-0.3, -0.25) is 24.0 Å². The average molecular weight is 642 g/mol. The van der Waals surface area contributed by atoms with Crippen LogP contribution in [0.1, 0.15) is 29.3 Å². The highest BCUT2D eigenvalue weighted by molar-refractivity contribution is 5.80. The van der Waals surface area contributed by atoms with Crippen molar-refractivity contribution in [3.05, 3.63) is 129 Å². The van der Waals surface area contributed by atoms with Gasteiger partial charge in [0.1, 0.15) is 36.0 Å². The first-order chi connectivity index (χ1) is 22.0. The molecule has 3 atom stereocenters. The van der Waals surface area contributed by atoms with Crippen LogP contribution in [0, 0.1) is 0 Å². The van der Waals surface area contributed by atoms with Crippen LogP contribution in [0.4, 0.5) is 13.2 Å². The Bertz CT molecular complexity index is 1690. The molecule has 1 aliphatic rings. The molecule has 5 rings (SSSR count). The number of aromatic nitrogens is 2. The summed E-state index contributed by atoms with van der Waals surface area (Å²) < 4.78 is 63.6. The standard InChI is InChI=1S/C32H30F3N3O8/c1-42-23-12-8-21(9-13-23)31(20-6-4-3-5-7-20,22-10-14-24(43-2)15-11-22)46-25-18-28(38-17-16-27(39)36-30(38)41)45-26(25)19-44-37-29(40)32(33,34)35/h3-17,25-26,28H,18-19H2,1-2H3,(H,37,40)(H,36,39,41)/t25-,26+,28+/m0/s1. The first-order valence-corrected chi connectivity index (χ1v) is 14.0. The molecule has 1 aromatic heterocycles. The number of carbonyl (C=O) groups excluding carboxylic acids is 1. The molecule has 46 heavy (non-hydrogen) atoms. The van der Waals surface area contributed by atoms with E-state index in [0.29, 0.717) is 28.2 Å². The van der Waals surface area contributed by atoms with E-state index in [9.17, 15) is 27.6 Å². The molecule has 0 aliphatic carbocycles. The van der Waals surface area contributed by atoms with Crippen LogP contribution in [0.2, 0.25) is 0 Å². The lowest BCUT2D eigenvalue weighted by Crippen LogP contribution is -2.43. The van der Waals surface area contributed by atoms with Crippen molar-refractivity contribution < 1.29 is 41.8 Å². The van der Waals surface area contributed by atoms with E-state index in [1.807, 2.05) is 54.6 Å². The molecule has 4 aromatic rings. The Labute approximate surface area is 260 Å². The first kappa shape index (κ1) is 32.5. The van der Waals surface area contributed by atoms with Crippen LogP contribution in [0.25, 0.3) is 0 Å². The number of H-pyrrole nitrogens is 1. The van der Waals surface area contributed by atoms with Gasteiger partial charge in [0.15, 0.2) is 0 Å². The van der Waals surface area contributed by atoms with Gasteiger partial charge in [0.25, 0.3) is 5.56 Å². The molecule has 11 nitrogen and oxygen atoms in total. The van der Waals surface area contributed by atoms with E-state index in [0.717, 1.165) is 10.6 Å². The Morgan fingerprint density at radius 3 is 1.98 bits per heavy atom. The van der Waals surface area contributed by atoms with E-state index in [-0.39, 0.29) is 6.42 Å². The van der Waals surface area contributed by atoms with Crippen LogP contribution in [0.5, 0.6) is 11.5 Å². The number of aromatic amines is 1. The molecule has 1 amide bonds. The van der Waals surface area contributed by atoms with Crippen LogP contribution in [-0.2, 0) is 24.7 Å². The molecule has 14 heteroatoms. The number of hydroxylamine groups is 1. The number of halogens is 3. The lowest BCUT2D eigenvalue weighted by molar-refractivity contribution is -0.190. The van der Waals surface area contributed by atoms with Gasteiger partial charge in [-0.05, 0) is 41.0 Å². The van der Waals surface area contributed by atoms with E-state index in [1.54, 1.807) is 24.3 Å². The summed E-state index contributed by atoms with van der Waals surface area (Å²) >= 11 is 0. The van der Waals surface area contributed by atoms with E-state index in [2.05, 4.69) is 4.98 Å². The van der Waals surface area contributed by atoms with Gasteiger partial charge in [0, 0.05) is 18.7 Å².